The topological polar surface area (TPSA) is 74.3 Å². The number of urea groups is 1. The molecule has 6 heteroatoms. The molecule has 2 amide bonds. The summed E-state index contributed by atoms with van der Waals surface area (Å²) in [6.45, 7) is 7.79. The molecule has 1 fully saturated rings. The van der Waals surface area contributed by atoms with E-state index >= 15 is 0 Å². The first-order chi connectivity index (χ1) is 10.8. The Balaban J connectivity index is 2.17. The third kappa shape index (κ3) is 4.07. The van der Waals surface area contributed by atoms with Crippen molar-refractivity contribution in [2.45, 2.75) is 32.7 Å². The van der Waals surface area contributed by atoms with Gasteiger partial charge in [-0.25, -0.2) is 4.79 Å². The SMILES string of the molecule is Cc1ccc(C(=O)[C@@]2(NC(=O)N(C)CC(C)C)CCNC2)cn1. The molecule has 0 bridgehead atoms. The summed E-state index contributed by atoms with van der Waals surface area (Å²) < 4.78 is 0. The van der Waals surface area contributed by atoms with Gasteiger partial charge in [0.1, 0.15) is 5.54 Å². The molecular weight excluding hydrogens is 292 g/mol. The van der Waals surface area contributed by atoms with Gasteiger partial charge >= 0.3 is 6.03 Å². The molecule has 0 radical (unpaired) electrons. The maximum Gasteiger partial charge on any atom is 0.318 e. The first-order valence-electron chi connectivity index (χ1n) is 8.05. The van der Waals surface area contributed by atoms with Gasteiger partial charge in [0.15, 0.2) is 5.78 Å². The van der Waals surface area contributed by atoms with Crippen LogP contribution in [0.25, 0.3) is 0 Å². The van der Waals surface area contributed by atoms with E-state index in [1.165, 1.54) is 0 Å². The highest BCUT2D eigenvalue weighted by Gasteiger charge is 2.43. The smallest absolute Gasteiger partial charge is 0.318 e. The average Bonchev–Trinajstić information content (AvgIpc) is 2.96. The van der Waals surface area contributed by atoms with Gasteiger partial charge in [-0.15, -0.1) is 0 Å². The number of amides is 2. The zero-order valence-corrected chi connectivity index (χ0v) is 14.3. The lowest BCUT2D eigenvalue weighted by Crippen LogP contribution is -2.59. The molecule has 1 saturated heterocycles. The van der Waals surface area contributed by atoms with Crippen LogP contribution in [0.15, 0.2) is 18.3 Å². The van der Waals surface area contributed by atoms with E-state index in [2.05, 4.69) is 29.5 Å². The molecule has 1 aliphatic rings. The second-order valence-electron chi connectivity index (χ2n) is 6.73. The summed E-state index contributed by atoms with van der Waals surface area (Å²) in [6, 6.07) is 3.38. The molecule has 23 heavy (non-hydrogen) atoms. The van der Waals surface area contributed by atoms with Crippen LogP contribution < -0.4 is 10.6 Å². The van der Waals surface area contributed by atoms with Crippen LogP contribution in [0.4, 0.5) is 4.79 Å². The zero-order chi connectivity index (χ0) is 17.0. The Morgan fingerprint density at radius 3 is 2.70 bits per heavy atom. The van der Waals surface area contributed by atoms with E-state index in [9.17, 15) is 9.59 Å². The molecule has 2 heterocycles. The van der Waals surface area contributed by atoms with Crippen molar-refractivity contribution in [3.05, 3.63) is 29.6 Å². The molecule has 1 aromatic heterocycles. The van der Waals surface area contributed by atoms with Gasteiger partial charge in [-0.2, -0.15) is 0 Å². The lowest BCUT2D eigenvalue weighted by atomic mass is 9.89. The van der Waals surface area contributed by atoms with E-state index in [1.54, 1.807) is 24.2 Å². The number of carbonyl (C=O) groups excluding carboxylic acids is 2. The number of carbonyl (C=O) groups is 2. The van der Waals surface area contributed by atoms with Crippen molar-refractivity contribution in [2.24, 2.45) is 5.92 Å². The van der Waals surface area contributed by atoms with Crippen LogP contribution in [0.5, 0.6) is 0 Å². The quantitative estimate of drug-likeness (QED) is 0.809. The minimum atomic E-state index is -0.890. The molecule has 6 nitrogen and oxygen atoms in total. The van der Waals surface area contributed by atoms with Gasteiger partial charge in [0.2, 0.25) is 0 Å². The fraction of sp³-hybridized carbons (Fsp3) is 0.588. The van der Waals surface area contributed by atoms with Crippen molar-refractivity contribution >= 4 is 11.8 Å². The standard InChI is InChI=1S/C17H26N4O2/c1-12(2)10-21(4)16(23)20-17(7-8-18-11-17)15(22)14-6-5-13(3)19-9-14/h5-6,9,12,18H,7-8,10-11H2,1-4H3,(H,20,23)/t17-/m1/s1. The molecular formula is C17H26N4O2. The van der Waals surface area contributed by atoms with E-state index in [0.717, 1.165) is 5.69 Å². The van der Waals surface area contributed by atoms with E-state index in [0.29, 0.717) is 37.5 Å². The molecule has 0 unspecified atom stereocenters. The van der Waals surface area contributed by atoms with Crippen LogP contribution in [0, 0.1) is 12.8 Å². The van der Waals surface area contributed by atoms with E-state index in [1.807, 2.05) is 13.0 Å². The molecule has 0 aliphatic carbocycles. The Labute approximate surface area is 137 Å². The number of aryl methyl sites for hydroxylation is 1. The second-order valence-corrected chi connectivity index (χ2v) is 6.73. The summed E-state index contributed by atoms with van der Waals surface area (Å²) in [7, 11) is 1.75. The maximum absolute atomic E-state index is 12.9. The van der Waals surface area contributed by atoms with Gasteiger partial charge in [-0.05, 0) is 37.9 Å². The molecule has 1 aromatic rings. The second kappa shape index (κ2) is 7.08. The molecule has 1 atom stereocenters. The summed E-state index contributed by atoms with van der Waals surface area (Å²) in [5.41, 5.74) is 0.506. The number of nitrogens with zero attached hydrogens (tertiary/aromatic N) is 2. The lowest BCUT2D eigenvalue weighted by molar-refractivity contribution is 0.0864. The van der Waals surface area contributed by atoms with E-state index < -0.39 is 5.54 Å². The Morgan fingerprint density at radius 2 is 2.17 bits per heavy atom. The molecule has 126 valence electrons. The predicted molar refractivity (Wildman–Crippen MR) is 89.5 cm³/mol. The van der Waals surface area contributed by atoms with Crippen LogP contribution >= 0.6 is 0 Å². The third-order valence-corrected chi connectivity index (χ3v) is 4.10. The number of Topliss-reactive ketones (excluding diaryl/α,β-unsaturated/α-hetero) is 1. The van der Waals surface area contributed by atoms with Gasteiger partial charge in [0.05, 0.1) is 0 Å². The van der Waals surface area contributed by atoms with E-state index in [-0.39, 0.29) is 11.8 Å². The number of aromatic nitrogens is 1. The van der Waals surface area contributed by atoms with Crippen molar-refractivity contribution in [1.82, 2.24) is 20.5 Å². The Kier molecular flexibility index (Phi) is 5.36. The molecule has 0 spiro atoms. The first kappa shape index (κ1) is 17.4. The molecule has 2 rings (SSSR count). The van der Waals surface area contributed by atoms with E-state index in [4.69, 9.17) is 0 Å². The van der Waals surface area contributed by atoms with Crippen molar-refractivity contribution in [3.63, 3.8) is 0 Å². The van der Waals surface area contributed by atoms with Gasteiger partial charge < -0.3 is 15.5 Å². The van der Waals surface area contributed by atoms with Crippen LogP contribution in [-0.4, -0.2) is 53.9 Å². The average molecular weight is 318 g/mol. The predicted octanol–water partition coefficient (Wildman–Crippen LogP) is 1.60. The van der Waals surface area contributed by atoms with Gasteiger partial charge in [0, 0.05) is 37.6 Å². The van der Waals surface area contributed by atoms with Crippen molar-refractivity contribution in [3.8, 4) is 0 Å². The number of hydrogen-bond acceptors (Lipinski definition) is 4. The van der Waals surface area contributed by atoms with Crippen LogP contribution in [0.2, 0.25) is 0 Å². The summed E-state index contributed by atoms with van der Waals surface area (Å²) in [6.07, 6.45) is 2.17. The molecule has 2 N–H and O–H groups in total. The largest absolute Gasteiger partial charge is 0.328 e. The number of ketones is 1. The number of pyridine rings is 1. The fourth-order valence-corrected chi connectivity index (χ4v) is 2.86. The number of nitrogens with one attached hydrogen (secondary N) is 2. The Morgan fingerprint density at radius 1 is 1.43 bits per heavy atom. The summed E-state index contributed by atoms with van der Waals surface area (Å²) in [5, 5.41) is 6.14. The lowest BCUT2D eigenvalue weighted by Gasteiger charge is -2.31. The maximum atomic E-state index is 12.9. The van der Waals surface area contributed by atoms with Crippen LogP contribution in [-0.2, 0) is 0 Å². The zero-order valence-electron chi connectivity index (χ0n) is 14.3. The molecule has 1 aliphatic heterocycles. The Hall–Kier alpha value is -1.95. The number of rotatable bonds is 5. The number of hydrogen-bond donors (Lipinski definition) is 2. The highest BCUT2D eigenvalue weighted by Crippen LogP contribution is 2.21. The summed E-state index contributed by atoms with van der Waals surface area (Å²) in [4.78, 5) is 31.2. The minimum absolute atomic E-state index is 0.0821. The highest BCUT2D eigenvalue weighted by atomic mass is 16.2. The van der Waals surface area contributed by atoms with Crippen molar-refractivity contribution < 1.29 is 9.59 Å². The highest BCUT2D eigenvalue weighted by molar-refractivity contribution is 6.05. The van der Waals surface area contributed by atoms with Crippen LogP contribution in [0.3, 0.4) is 0 Å². The minimum Gasteiger partial charge on any atom is -0.328 e. The first-order valence-corrected chi connectivity index (χ1v) is 8.05. The van der Waals surface area contributed by atoms with Gasteiger partial charge in [-0.1, -0.05) is 13.8 Å². The molecule has 0 saturated carbocycles. The monoisotopic (exact) mass is 318 g/mol. The van der Waals surface area contributed by atoms with Gasteiger partial charge in [0.25, 0.3) is 0 Å². The fourth-order valence-electron chi connectivity index (χ4n) is 2.86. The van der Waals surface area contributed by atoms with Gasteiger partial charge in [-0.3, -0.25) is 9.78 Å². The van der Waals surface area contributed by atoms with Crippen molar-refractivity contribution in [2.75, 3.05) is 26.7 Å². The molecule has 0 aromatic carbocycles. The normalized spacial score (nSPS) is 20.6. The summed E-state index contributed by atoms with van der Waals surface area (Å²) >= 11 is 0. The third-order valence-electron chi connectivity index (χ3n) is 4.10. The van der Waals surface area contributed by atoms with Crippen molar-refractivity contribution in [1.29, 1.82) is 0 Å². The Bertz CT molecular complexity index is 562. The van der Waals surface area contributed by atoms with Crippen LogP contribution in [0.1, 0.15) is 36.3 Å². The summed E-state index contributed by atoms with van der Waals surface area (Å²) in [5.74, 6) is 0.293.